The van der Waals surface area contributed by atoms with E-state index < -0.39 is 0 Å². The van der Waals surface area contributed by atoms with Gasteiger partial charge in [0.1, 0.15) is 5.82 Å². The first-order valence-corrected chi connectivity index (χ1v) is 12.2. The average molecular weight is 455 g/mol. The molecule has 1 spiro atoms. The van der Waals surface area contributed by atoms with Gasteiger partial charge in [0, 0.05) is 64.1 Å². The number of aromatic nitrogens is 1. The number of nitrogens with zero attached hydrogens (tertiary/aromatic N) is 4. The van der Waals surface area contributed by atoms with Crippen LogP contribution >= 0.6 is 0 Å². The Labute approximate surface area is 203 Å². The van der Waals surface area contributed by atoms with Crippen LogP contribution in [-0.2, 0) is 16.8 Å². The Morgan fingerprint density at radius 2 is 1.71 bits per heavy atom. The van der Waals surface area contributed by atoms with Crippen LogP contribution in [-0.4, -0.2) is 50.0 Å². The second kappa shape index (κ2) is 9.13. The van der Waals surface area contributed by atoms with Gasteiger partial charge in [-0.15, -0.1) is 0 Å². The van der Waals surface area contributed by atoms with Gasteiger partial charge in [-0.1, -0.05) is 54.6 Å². The van der Waals surface area contributed by atoms with Crippen LogP contribution in [0, 0.1) is 0 Å². The molecule has 1 fully saturated rings. The third-order valence-corrected chi connectivity index (χ3v) is 7.72. The topological polar surface area (TPSA) is 39.7 Å². The van der Waals surface area contributed by atoms with E-state index in [1.807, 2.05) is 20.3 Å². The fourth-order valence-electron chi connectivity index (χ4n) is 5.83. The standard InChI is InChI=1S/C29H34N4O/c1-31(2)28(34)25-20-29(26-12-8-7-11-24(25)26)14-17-33(18-15-29)27-19-23(13-16-30-27)32(3)21-22-9-5-4-6-10-22/h4-13,16,19,25H,14-15,17-18,20-21H2,1-3H3. The molecule has 0 saturated carbocycles. The summed E-state index contributed by atoms with van der Waals surface area (Å²) in [6.07, 6.45) is 4.94. The number of anilines is 2. The van der Waals surface area contributed by atoms with Gasteiger partial charge in [0.25, 0.3) is 0 Å². The fraction of sp³-hybridized carbons (Fsp3) is 0.379. The summed E-state index contributed by atoms with van der Waals surface area (Å²) in [5.41, 5.74) is 5.18. The summed E-state index contributed by atoms with van der Waals surface area (Å²) < 4.78 is 0. The first-order valence-electron chi connectivity index (χ1n) is 12.2. The number of amides is 1. The molecule has 1 aromatic heterocycles. The van der Waals surface area contributed by atoms with Crippen LogP contribution in [0.2, 0.25) is 0 Å². The molecule has 5 heteroatoms. The number of carbonyl (C=O) groups is 1. The van der Waals surface area contributed by atoms with E-state index in [0.717, 1.165) is 44.7 Å². The van der Waals surface area contributed by atoms with E-state index in [9.17, 15) is 4.79 Å². The first-order chi connectivity index (χ1) is 16.5. The molecule has 5 rings (SSSR count). The van der Waals surface area contributed by atoms with Crippen molar-refractivity contribution in [2.24, 2.45) is 0 Å². The summed E-state index contributed by atoms with van der Waals surface area (Å²) in [5, 5.41) is 0. The van der Waals surface area contributed by atoms with Crippen molar-refractivity contribution in [1.82, 2.24) is 9.88 Å². The zero-order chi connectivity index (χ0) is 23.7. The minimum atomic E-state index is -0.0224. The lowest BCUT2D eigenvalue weighted by Crippen LogP contribution is -2.42. The highest BCUT2D eigenvalue weighted by molar-refractivity contribution is 5.85. The van der Waals surface area contributed by atoms with Gasteiger partial charge in [0.05, 0.1) is 5.92 Å². The molecule has 1 amide bonds. The van der Waals surface area contributed by atoms with Gasteiger partial charge in [-0.3, -0.25) is 4.79 Å². The van der Waals surface area contributed by atoms with E-state index >= 15 is 0 Å². The van der Waals surface area contributed by atoms with Crippen LogP contribution in [0.3, 0.4) is 0 Å². The minimum absolute atomic E-state index is 0.0224. The Morgan fingerprint density at radius 1 is 1.00 bits per heavy atom. The summed E-state index contributed by atoms with van der Waals surface area (Å²) in [5.74, 6) is 1.24. The summed E-state index contributed by atoms with van der Waals surface area (Å²) >= 11 is 0. The normalized spacial score (nSPS) is 18.6. The Bertz CT molecular complexity index is 1150. The number of pyridine rings is 1. The van der Waals surface area contributed by atoms with E-state index in [1.165, 1.54) is 22.4 Å². The van der Waals surface area contributed by atoms with Crippen molar-refractivity contribution in [2.45, 2.75) is 37.1 Å². The molecule has 0 N–H and O–H groups in total. The minimum Gasteiger partial charge on any atom is -0.370 e. The lowest BCUT2D eigenvalue weighted by Gasteiger charge is -2.41. The Kier molecular flexibility index (Phi) is 6.03. The number of hydrogen-bond acceptors (Lipinski definition) is 4. The number of likely N-dealkylation sites (N-methyl/N-ethyl adjacent to an activating group) is 1. The van der Waals surface area contributed by atoms with E-state index in [1.54, 1.807) is 4.90 Å². The first kappa shape index (κ1) is 22.5. The van der Waals surface area contributed by atoms with Gasteiger partial charge in [-0.2, -0.15) is 0 Å². The van der Waals surface area contributed by atoms with E-state index in [4.69, 9.17) is 4.98 Å². The quantitative estimate of drug-likeness (QED) is 0.554. The van der Waals surface area contributed by atoms with Gasteiger partial charge in [-0.05, 0) is 42.0 Å². The maximum atomic E-state index is 13.0. The molecule has 2 heterocycles. The maximum Gasteiger partial charge on any atom is 0.229 e. The predicted molar refractivity (Wildman–Crippen MR) is 138 cm³/mol. The van der Waals surface area contributed by atoms with Crippen LogP contribution in [0.25, 0.3) is 0 Å². The van der Waals surface area contributed by atoms with Gasteiger partial charge in [0.2, 0.25) is 5.91 Å². The Balaban J connectivity index is 1.31. The lowest BCUT2D eigenvalue weighted by atomic mass is 9.73. The molecule has 5 nitrogen and oxygen atoms in total. The number of piperidine rings is 1. The van der Waals surface area contributed by atoms with Crippen molar-refractivity contribution in [3.05, 3.63) is 89.6 Å². The maximum absolute atomic E-state index is 13.0. The summed E-state index contributed by atoms with van der Waals surface area (Å²) in [4.78, 5) is 24.1. The average Bonchev–Trinajstić information content (AvgIpc) is 3.18. The lowest BCUT2D eigenvalue weighted by molar-refractivity contribution is -0.130. The molecular weight excluding hydrogens is 420 g/mol. The molecule has 2 aromatic carbocycles. The SMILES string of the molecule is CN(C)C(=O)C1CC2(CCN(c3cc(N(C)Cc4ccccc4)ccn3)CC2)c2ccccc21. The van der Waals surface area contributed by atoms with Gasteiger partial charge >= 0.3 is 0 Å². The fourth-order valence-corrected chi connectivity index (χ4v) is 5.83. The van der Waals surface area contributed by atoms with Crippen molar-refractivity contribution in [3.8, 4) is 0 Å². The smallest absolute Gasteiger partial charge is 0.229 e. The van der Waals surface area contributed by atoms with Gasteiger partial charge in [-0.25, -0.2) is 4.98 Å². The molecule has 1 atom stereocenters. The van der Waals surface area contributed by atoms with Crippen molar-refractivity contribution in [1.29, 1.82) is 0 Å². The zero-order valence-electron chi connectivity index (χ0n) is 20.4. The molecule has 1 aliphatic heterocycles. The molecule has 1 unspecified atom stereocenters. The number of fused-ring (bicyclic) bond motifs is 2. The van der Waals surface area contributed by atoms with Crippen molar-refractivity contribution in [2.75, 3.05) is 44.0 Å². The zero-order valence-corrected chi connectivity index (χ0v) is 20.4. The monoisotopic (exact) mass is 454 g/mol. The van der Waals surface area contributed by atoms with Gasteiger partial charge < -0.3 is 14.7 Å². The molecule has 0 radical (unpaired) electrons. The predicted octanol–water partition coefficient (Wildman–Crippen LogP) is 4.83. The van der Waals surface area contributed by atoms with E-state index in [2.05, 4.69) is 83.6 Å². The van der Waals surface area contributed by atoms with Crippen LogP contribution < -0.4 is 9.80 Å². The molecule has 0 bridgehead atoms. The summed E-state index contributed by atoms with van der Waals surface area (Å²) in [6.45, 7) is 2.78. The van der Waals surface area contributed by atoms with Crippen LogP contribution in [0.5, 0.6) is 0 Å². The molecule has 2 aliphatic rings. The van der Waals surface area contributed by atoms with Crippen LogP contribution in [0.4, 0.5) is 11.5 Å². The highest BCUT2D eigenvalue weighted by Gasteiger charge is 2.47. The molecule has 34 heavy (non-hydrogen) atoms. The van der Waals surface area contributed by atoms with Crippen LogP contribution in [0.15, 0.2) is 72.9 Å². The van der Waals surface area contributed by atoms with Crippen LogP contribution in [0.1, 0.15) is 41.9 Å². The number of hydrogen-bond donors (Lipinski definition) is 0. The van der Waals surface area contributed by atoms with Gasteiger partial charge in [0.15, 0.2) is 0 Å². The second-order valence-electron chi connectivity index (χ2n) is 10.1. The van der Waals surface area contributed by atoms with Crippen molar-refractivity contribution < 1.29 is 4.79 Å². The number of rotatable bonds is 5. The number of carbonyl (C=O) groups excluding carboxylic acids is 1. The molecular formula is C29H34N4O. The highest BCUT2D eigenvalue weighted by atomic mass is 16.2. The number of benzene rings is 2. The second-order valence-corrected chi connectivity index (χ2v) is 10.1. The third kappa shape index (κ3) is 4.15. The molecule has 176 valence electrons. The summed E-state index contributed by atoms with van der Waals surface area (Å²) in [6, 6.07) is 23.5. The van der Waals surface area contributed by atoms with E-state index in [0.29, 0.717) is 0 Å². The third-order valence-electron chi connectivity index (χ3n) is 7.72. The van der Waals surface area contributed by atoms with Crippen molar-refractivity contribution >= 4 is 17.4 Å². The molecule has 3 aromatic rings. The molecule has 1 aliphatic carbocycles. The Morgan fingerprint density at radius 3 is 2.44 bits per heavy atom. The Hall–Kier alpha value is -3.34. The van der Waals surface area contributed by atoms with Crippen molar-refractivity contribution in [3.63, 3.8) is 0 Å². The largest absolute Gasteiger partial charge is 0.370 e. The van der Waals surface area contributed by atoms with E-state index in [-0.39, 0.29) is 17.2 Å². The summed E-state index contributed by atoms with van der Waals surface area (Å²) in [7, 11) is 5.87. The molecule has 1 saturated heterocycles. The highest BCUT2D eigenvalue weighted by Crippen LogP contribution is 2.52.